The number of rotatable bonds is 5. The number of unbranched alkanes of at least 4 members (excludes halogenated alkanes) is 2. The van der Waals surface area contributed by atoms with Crippen molar-refractivity contribution in [2.24, 2.45) is 0 Å². The molecule has 0 radical (unpaired) electrons. The van der Waals surface area contributed by atoms with Gasteiger partial charge in [-0.15, -0.1) is 0 Å². The van der Waals surface area contributed by atoms with Gasteiger partial charge in [-0.05, 0) is 20.3 Å². The zero-order chi connectivity index (χ0) is 8.91. The van der Waals surface area contributed by atoms with Crippen molar-refractivity contribution < 1.29 is 10.2 Å². The van der Waals surface area contributed by atoms with Crippen LogP contribution in [-0.2, 0) is 0 Å². The summed E-state index contributed by atoms with van der Waals surface area (Å²) in [6.07, 6.45) is 3.42. The van der Waals surface area contributed by atoms with E-state index in [1.807, 2.05) is 0 Å². The van der Waals surface area contributed by atoms with Crippen molar-refractivity contribution >= 4 is 0 Å². The van der Waals surface area contributed by atoms with Gasteiger partial charge in [0, 0.05) is 0 Å². The Morgan fingerprint density at radius 1 is 1.27 bits per heavy atom. The molecule has 2 heteroatoms. The van der Waals surface area contributed by atoms with Gasteiger partial charge in [0.05, 0.1) is 11.7 Å². The first-order valence-corrected chi connectivity index (χ1v) is 4.39. The summed E-state index contributed by atoms with van der Waals surface area (Å²) in [5.74, 6) is 0. The van der Waals surface area contributed by atoms with E-state index in [9.17, 15) is 10.2 Å². The van der Waals surface area contributed by atoms with Gasteiger partial charge in [0.1, 0.15) is 0 Å². The summed E-state index contributed by atoms with van der Waals surface area (Å²) in [5, 5.41) is 18.7. The molecule has 11 heavy (non-hydrogen) atoms. The van der Waals surface area contributed by atoms with Crippen molar-refractivity contribution in [3.05, 3.63) is 0 Å². The molecule has 0 aliphatic carbocycles. The fraction of sp³-hybridized carbons (Fsp3) is 1.00. The molecule has 68 valence electrons. The van der Waals surface area contributed by atoms with E-state index in [0.717, 1.165) is 19.3 Å². The van der Waals surface area contributed by atoms with Gasteiger partial charge in [0.25, 0.3) is 0 Å². The fourth-order valence-corrected chi connectivity index (χ4v) is 0.941. The van der Waals surface area contributed by atoms with Crippen LogP contribution in [0.1, 0.15) is 46.5 Å². The second-order valence-electron chi connectivity index (χ2n) is 3.67. The van der Waals surface area contributed by atoms with E-state index in [0.29, 0.717) is 6.42 Å². The van der Waals surface area contributed by atoms with E-state index in [2.05, 4.69) is 6.92 Å². The summed E-state index contributed by atoms with van der Waals surface area (Å²) in [6, 6.07) is 0. The first-order chi connectivity index (χ1) is 4.98. The quantitative estimate of drug-likeness (QED) is 0.601. The average molecular weight is 160 g/mol. The molecule has 1 atom stereocenters. The van der Waals surface area contributed by atoms with Crippen molar-refractivity contribution in [1.29, 1.82) is 0 Å². The van der Waals surface area contributed by atoms with Gasteiger partial charge in [-0.3, -0.25) is 0 Å². The summed E-state index contributed by atoms with van der Waals surface area (Å²) >= 11 is 0. The molecule has 0 aliphatic rings. The van der Waals surface area contributed by atoms with Gasteiger partial charge in [-0.25, -0.2) is 0 Å². The SMILES string of the molecule is CCCCC[C@H](O)C(C)(C)O. The average Bonchev–Trinajstić information content (AvgIpc) is 1.86. The number of hydrogen-bond donors (Lipinski definition) is 2. The Morgan fingerprint density at radius 3 is 2.18 bits per heavy atom. The molecular weight excluding hydrogens is 140 g/mol. The first kappa shape index (κ1) is 10.9. The van der Waals surface area contributed by atoms with Crippen LogP contribution < -0.4 is 0 Å². The lowest BCUT2D eigenvalue weighted by molar-refractivity contribution is -0.0521. The van der Waals surface area contributed by atoms with E-state index in [4.69, 9.17) is 0 Å². The largest absolute Gasteiger partial charge is 0.390 e. The van der Waals surface area contributed by atoms with Crippen LogP contribution in [0.15, 0.2) is 0 Å². The maximum atomic E-state index is 9.36. The highest BCUT2D eigenvalue weighted by molar-refractivity contribution is 4.75. The Morgan fingerprint density at radius 2 is 1.82 bits per heavy atom. The van der Waals surface area contributed by atoms with Crippen LogP contribution >= 0.6 is 0 Å². The summed E-state index contributed by atoms with van der Waals surface area (Å²) < 4.78 is 0. The van der Waals surface area contributed by atoms with E-state index < -0.39 is 11.7 Å². The molecule has 0 saturated carbocycles. The number of aliphatic hydroxyl groups is 2. The monoisotopic (exact) mass is 160 g/mol. The minimum absolute atomic E-state index is 0.575. The molecular formula is C9H20O2. The molecule has 0 saturated heterocycles. The van der Waals surface area contributed by atoms with Crippen LogP contribution in [-0.4, -0.2) is 21.9 Å². The minimum Gasteiger partial charge on any atom is -0.390 e. The molecule has 0 unspecified atom stereocenters. The van der Waals surface area contributed by atoms with Gasteiger partial charge < -0.3 is 10.2 Å². The Balaban J connectivity index is 3.44. The maximum absolute atomic E-state index is 9.36. The number of hydrogen-bond acceptors (Lipinski definition) is 2. The highest BCUT2D eigenvalue weighted by Gasteiger charge is 2.23. The molecule has 0 aromatic carbocycles. The van der Waals surface area contributed by atoms with Crippen molar-refractivity contribution in [3.63, 3.8) is 0 Å². The molecule has 2 N–H and O–H groups in total. The molecule has 0 aliphatic heterocycles. The highest BCUT2D eigenvalue weighted by Crippen LogP contribution is 2.14. The van der Waals surface area contributed by atoms with E-state index in [-0.39, 0.29) is 0 Å². The Bertz CT molecular complexity index is 94.2. The van der Waals surface area contributed by atoms with Crippen molar-refractivity contribution in [2.75, 3.05) is 0 Å². The molecule has 0 aromatic rings. The molecule has 0 aromatic heterocycles. The lowest BCUT2D eigenvalue weighted by atomic mass is 9.97. The van der Waals surface area contributed by atoms with Crippen LogP contribution in [0.5, 0.6) is 0 Å². The van der Waals surface area contributed by atoms with Gasteiger partial charge in [-0.2, -0.15) is 0 Å². The van der Waals surface area contributed by atoms with Crippen molar-refractivity contribution in [1.82, 2.24) is 0 Å². The molecule has 0 rings (SSSR count). The fourth-order valence-electron chi connectivity index (χ4n) is 0.941. The van der Waals surface area contributed by atoms with Crippen LogP contribution in [0.4, 0.5) is 0 Å². The van der Waals surface area contributed by atoms with Crippen LogP contribution in [0.3, 0.4) is 0 Å². The predicted octanol–water partition coefficient (Wildman–Crippen LogP) is 1.70. The van der Waals surface area contributed by atoms with E-state index in [1.165, 1.54) is 0 Å². The van der Waals surface area contributed by atoms with Gasteiger partial charge >= 0.3 is 0 Å². The standard InChI is InChI=1S/C9H20O2/c1-4-5-6-7-8(10)9(2,3)11/h8,10-11H,4-7H2,1-3H3/t8-/m0/s1. The third-order valence-corrected chi connectivity index (χ3v) is 1.90. The Kier molecular flexibility index (Phi) is 4.69. The zero-order valence-corrected chi connectivity index (χ0v) is 7.80. The normalized spacial score (nSPS) is 15.0. The third-order valence-electron chi connectivity index (χ3n) is 1.90. The molecule has 0 fully saturated rings. The maximum Gasteiger partial charge on any atom is 0.0849 e. The third kappa shape index (κ3) is 5.22. The minimum atomic E-state index is -0.937. The van der Waals surface area contributed by atoms with E-state index >= 15 is 0 Å². The smallest absolute Gasteiger partial charge is 0.0849 e. The summed E-state index contributed by atoms with van der Waals surface area (Å²) in [5.41, 5.74) is -0.937. The summed E-state index contributed by atoms with van der Waals surface area (Å²) in [7, 11) is 0. The van der Waals surface area contributed by atoms with Crippen LogP contribution in [0.25, 0.3) is 0 Å². The van der Waals surface area contributed by atoms with Crippen LogP contribution in [0.2, 0.25) is 0 Å². The number of aliphatic hydroxyl groups excluding tert-OH is 1. The summed E-state index contributed by atoms with van der Waals surface area (Å²) in [6.45, 7) is 5.41. The zero-order valence-electron chi connectivity index (χ0n) is 7.80. The first-order valence-electron chi connectivity index (χ1n) is 4.39. The van der Waals surface area contributed by atoms with E-state index in [1.54, 1.807) is 13.8 Å². The lowest BCUT2D eigenvalue weighted by Gasteiger charge is -2.24. The predicted molar refractivity (Wildman–Crippen MR) is 46.4 cm³/mol. The van der Waals surface area contributed by atoms with Gasteiger partial charge in [0.15, 0.2) is 0 Å². The Hall–Kier alpha value is -0.0800. The topological polar surface area (TPSA) is 40.5 Å². The highest BCUT2D eigenvalue weighted by atomic mass is 16.3. The molecule has 0 amide bonds. The second kappa shape index (κ2) is 4.73. The van der Waals surface area contributed by atoms with Crippen LogP contribution in [0, 0.1) is 0 Å². The van der Waals surface area contributed by atoms with Gasteiger partial charge in [-0.1, -0.05) is 26.2 Å². The summed E-state index contributed by atoms with van der Waals surface area (Å²) in [4.78, 5) is 0. The molecule has 2 nitrogen and oxygen atoms in total. The molecule has 0 bridgehead atoms. The Labute approximate surface area is 69.2 Å². The lowest BCUT2D eigenvalue weighted by Crippen LogP contribution is -2.35. The van der Waals surface area contributed by atoms with Crippen molar-refractivity contribution in [2.45, 2.75) is 58.2 Å². The molecule has 0 heterocycles. The van der Waals surface area contributed by atoms with Gasteiger partial charge in [0.2, 0.25) is 0 Å². The van der Waals surface area contributed by atoms with Crippen molar-refractivity contribution in [3.8, 4) is 0 Å². The second-order valence-corrected chi connectivity index (χ2v) is 3.67. The molecule has 0 spiro atoms.